The third-order valence-corrected chi connectivity index (χ3v) is 9.27. The lowest BCUT2D eigenvalue weighted by Crippen LogP contribution is -2.54. The van der Waals surface area contributed by atoms with Crippen molar-refractivity contribution in [3.05, 3.63) is 86.3 Å². The Kier molecular flexibility index (Phi) is 8.38. The number of benzene rings is 2. The van der Waals surface area contributed by atoms with Gasteiger partial charge in [-0.3, -0.25) is 14.4 Å². The molecular weight excluding hydrogens is 580 g/mol. The molecule has 2 aromatic carbocycles. The molecule has 2 amide bonds. The first kappa shape index (κ1) is 28.0. The molecule has 9 nitrogen and oxygen atoms in total. The monoisotopic (exact) mass is 599 g/mol. The minimum atomic E-state index is -4.36. The molecule has 1 aromatic heterocycles. The van der Waals surface area contributed by atoms with Gasteiger partial charge in [-0.25, -0.2) is 12.8 Å². The van der Waals surface area contributed by atoms with Gasteiger partial charge in [0.15, 0.2) is 6.17 Å². The third-order valence-electron chi connectivity index (χ3n) is 5.82. The lowest BCUT2D eigenvalue weighted by molar-refractivity contribution is -0.138. The van der Waals surface area contributed by atoms with E-state index in [1.54, 1.807) is 17.5 Å². The lowest BCUT2D eigenvalue weighted by atomic mass is 10.0. The molecule has 3 aromatic rings. The molecule has 2 N–H and O–H groups in total. The van der Waals surface area contributed by atoms with E-state index < -0.39 is 52.3 Å². The average Bonchev–Trinajstić information content (AvgIpc) is 3.56. The van der Waals surface area contributed by atoms with E-state index in [1.807, 2.05) is 0 Å². The number of aliphatic carboxylic acids is 1. The molecule has 2 heterocycles. The van der Waals surface area contributed by atoms with E-state index >= 15 is 0 Å². The second-order valence-electron chi connectivity index (χ2n) is 8.25. The molecule has 38 heavy (non-hydrogen) atoms. The van der Waals surface area contributed by atoms with Crippen LogP contribution in [0.15, 0.2) is 64.9 Å². The van der Waals surface area contributed by atoms with Crippen LogP contribution in [-0.2, 0) is 19.6 Å². The predicted molar refractivity (Wildman–Crippen MR) is 139 cm³/mol. The molecule has 1 aliphatic rings. The van der Waals surface area contributed by atoms with Gasteiger partial charge in [0.05, 0.1) is 32.3 Å². The highest BCUT2D eigenvalue weighted by atomic mass is 35.5. The summed E-state index contributed by atoms with van der Waals surface area (Å²) in [7, 11) is -4.36. The highest BCUT2D eigenvalue weighted by molar-refractivity contribution is 7.89. The zero-order chi connectivity index (χ0) is 27.6. The lowest BCUT2D eigenvalue weighted by Gasteiger charge is -2.30. The molecule has 0 spiro atoms. The van der Waals surface area contributed by atoms with Crippen LogP contribution in [0.1, 0.15) is 27.7 Å². The molecule has 14 heteroatoms. The van der Waals surface area contributed by atoms with E-state index in [1.165, 1.54) is 24.3 Å². The molecule has 0 radical (unpaired) electrons. The van der Waals surface area contributed by atoms with Crippen LogP contribution in [0.25, 0.3) is 0 Å². The predicted octanol–water partition coefficient (Wildman–Crippen LogP) is 4.00. The molecule has 4 rings (SSSR count). The molecular formula is C24H20Cl2FN3O6S2. The summed E-state index contributed by atoms with van der Waals surface area (Å²) in [5.41, 5.74) is 0.287. The molecule has 1 saturated heterocycles. The Hall–Kier alpha value is -3.03. The van der Waals surface area contributed by atoms with Gasteiger partial charge in [0.2, 0.25) is 10.0 Å². The largest absolute Gasteiger partial charge is 0.481 e. The van der Waals surface area contributed by atoms with Crippen molar-refractivity contribution in [1.29, 1.82) is 0 Å². The van der Waals surface area contributed by atoms with Crippen LogP contribution >= 0.6 is 34.5 Å². The fraction of sp³-hybridized carbons (Fsp3) is 0.208. The van der Waals surface area contributed by atoms with E-state index in [9.17, 15) is 32.3 Å². The molecule has 1 aliphatic heterocycles. The first-order chi connectivity index (χ1) is 18.0. The first-order valence-electron chi connectivity index (χ1n) is 11.1. The molecule has 1 fully saturated rings. The van der Waals surface area contributed by atoms with E-state index in [4.69, 9.17) is 23.2 Å². The number of sulfonamides is 1. The number of carbonyl (C=O) groups is 3. The van der Waals surface area contributed by atoms with Gasteiger partial charge in [-0.2, -0.15) is 4.31 Å². The maximum Gasteiger partial charge on any atom is 0.305 e. The highest BCUT2D eigenvalue weighted by Crippen LogP contribution is 2.31. The van der Waals surface area contributed by atoms with Crippen molar-refractivity contribution in [1.82, 2.24) is 14.5 Å². The average molecular weight is 600 g/mol. The van der Waals surface area contributed by atoms with Crippen LogP contribution < -0.4 is 5.32 Å². The Balaban J connectivity index is 1.72. The fourth-order valence-corrected chi connectivity index (χ4v) is 6.64. The second-order valence-corrected chi connectivity index (χ2v) is 11.9. The van der Waals surface area contributed by atoms with Gasteiger partial charge in [0.1, 0.15) is 5.82 Å². The van der Waals surface area contributed by atoms with Crippen molar-refractivity contribution >= 4 is 62.3 Å². The van der Waals surface area contributed by atoms with E-state index in [0.29, 0.717) is 0 Å². The van der Waals surface area contributed by atoms with Crippen molar-refractivity contribution in [2.45, 2.75) is 23.5 Å². The van der Waals surface area contributed by atoms with Gasteiger partial charge in [-0.1, -0.05) is 41.4 Å². The fourth-order valence-electron chi connectivity index (χ4n) is 4.03. The SMILES string of the molecule is O=C(O)CC(NC(=O)C1N(C(=O)c2cccs2)CCN1S(=O)(=O)c1ccc(Cl)c(Cl)c1)c1ccc(F)cc1. The number of amides is 2. The van der Waals surface area contributed by atoms with Crippen LogP contribution in [0.3, 0.4) is 0 Å². The molecule has 0 aliphatic carbocycles. The zero-order valence-corrected chi connectivity index (χ0v) is 22.5. The topological polar surface area (TPSA) is 124 Å². The zero-order valence-electron chi connectivity index (χ0n) is 19.4. The Morgan fingerprint density at radius 3 is 2.39 bits per heavy atom. The van der Waals surface area contributed by atoms with Crippen molar-refractivity contribution in [2.24, 2.45) is 0 Å². The Morgan fingerprint density at radius 2 is 1.79 bits per heavy atom. The number of halogens is 3. The Morgan fingerprint density at radius 1 is 1.08 bits per heavy atom. The number of carboxylic acids is 1. The summed E-state index contributed by atoms with van der Waals surface area (Å²) < 4.78 is 41.5. The number of rotatable bonds is 8. The van der Waals surface area contributed by atoms with Gasteiger partial charge in [-0.15, -0.1) is 11.3 Å². The summed E-state index contributed by atoms with van der Waals surface area (Å²) in [6.45, 7) is -0.312. The number of nitrogens with one attached hydrogen (secondary N) is 1. The molecule has 0 bridgehead atoms. The first-order valence-corrected chi connectivity index (χ1v) is 14.2. The van der Waals surface area contributed by atoms with Gasteiger partial charge in [0, 0.05) is 13.1 Å². The van der Waals surface area contributed by atoms with E-state index in [2.05, 4.69) is 5.32 Å². The quantitative estimate of drug-likeness (QED) is 0.403. The van der Waals surface area contributed by atoms with E-state index in [-0.39, 0.29) is 38.5 Å². The number of thiophene rings is 1. The van der Waals surface area contributed by atoms with Crippen LogP contribution in [0, 0.1) is 5.82 Å². The Bertz CT molecular complexity index is 1470. The Labute approximate surface area is 231 Å². The maximum atomic E-state index is 13.6. The minimum Gasteiger partial charge on any atom is -0.481 e. The van der Waals surface area contributed by atoms with Crippen LogP contribution in [0.4, 0.5) is 4.39 Å². The standard InChI is InChI=1S/C24H20Cl2FN3O6S2/c25-17-8-7-16(12-18(17)26)38(35,36)30-10-9-29(24(34)20-2-1-11-37-20)23(30)22(33)28-19(13-21(31)32)14-3-5-15(27)6-4-14/h1-8,11-12,19,23H,9-10,13H2,(H,28,33)(H,31,32). The van der Waals surface area contributed by atoms with Crippen molar-refractivity contribution in [3.63, 3.8) is 0 Å². The molecule has 2 unspecified atom stereocenters. The van der Waals surface area contributed by atoms with Crippen LogP contribution in [0.2, 0.25) is 10.0 Å². The number of hydrogen-bond acceptors (Lipinski definition) is 6. The maximum absolute atomic E-state index is 13.6. The highest BCUT2D eigenvalue weighted by Gasteiger charge is 2.47. The summed E-state index contributed by atoms with van der Waals surface area (Å²) in [5, 5.41) is 13.7. The smallest absolute Gasteiger partial charge is 0.305 e. The van der Waals surface area contributed by atoms with Gasteiger partial charge >= 0.3 is 5.97 Å². The normalized spacial score (nSPS) is 16.8. The number of hydrogen-bond donors (Lipinski definition) is 2. The summed E-state index contributed by atoms with van der Waals surface area (Å²) in [4.78, 5) is 39.6. The molecule has 0 saturated carbocycles. The summed E-state index contributed by atoms with van der Waals surface area (Å²) in [5.74, 6) is -3.30. The van der Waals surface area contributed by atoms with Gasteiger partial charge in [-0.05, 0) is 47.3 Å². The van der Waals surface area contributed by atoms with Crippen LogP contribution in [0.5, 0.6) is 0 Å². The number of nitrogens with zero attached hydrogens (tertiary/aromatic N) is 2. The van der Waals surface area contributed by atoms with Crippen molar-refractivity contribution < 1.29 is 32.3 Å². The second kappa shape index (κ2) is 11.4. The summed E-state index contributed by atoms with van der Waals surface area (Å²) in [6.07, 6.45) is -2.21. The van der Waals surface area contributed by atoms with Gasteiger partial charge in [0.25, 0.3) is 11.8 Å². The summed E-state index contributed by atoms with van der Waals surface area (Å²) >= 11 is 13.1. The van der Waals surface area contributed by atoms with E-state index in [0.717, 1.165) is 38.7 Å². The van der Waals surface area contributed by atoms with Crippen molar-refractivity contribution in [2.75, 3.05) is 13.1 Å². The molecule has 2 atom stereocenters. The summed E-state index contributed by atoms with van der Waals surface area (Å²) in [6, 6.07) is 10.6. The number of carboxylic acid groups (broad SMARTS) is 1. The molecule has 200 valence electrons. The van der Waals surface area contributed by atoms with Crippen molar-refractivity contribution in [3.8, 4) is 0 Å². The minimum absolute atomic E-state index is 0.0164. The third kappa shape index (κ3) is 5.84. The van der Waals surface area contributed by atoms with Crippen LogP contribution in [-0.4, -0.2) is 59.8 Å². The van der Waals surface area contributed by atoms with Gasteiger partial charge < -0.3 is 15.3 Å². The number of carbonyl (C=O) groups excluding carboxylic acids is 2.